The number of hydrogen-bond donors (Lipinski definition) is 2. The summed E-state index contributed by atoms with van der Waals surface area (Å²) < 4.78 is 5.19. The van der Waals surface area contributed by atoms with Gasteiger partial charge in [-0.3, -0.25) is 0 Å². The number of nitrogens with zero attached hydrogens (tertiary/aromatic N) is 1. The van der Waals surface area contributed by atoms with E-state index in [1.54, 1.807) is 19.2 Å². The van der Waals surface area contributed by atoms with Crippen molar-refractivity contribution in [3.05, 3.63) is 24.3 Å². The lowest BCUT2D eigenvalue weighted by Crippen LogP contribution is -2.42. The summed E-state index contributed by atoms with van der Waals surface area (Å²) in [6.45, 7) is 0. The molecule has 1 aliphatic carbocycles. The van der Waals surface area contributed by atoms with Crippen LogP contribution in [0.15, 0.2) is 24.3 Å². The summed E-state index contributed by atoms with van der Waals surface area (Å²) in [6, 6.07) is 8.62. The van der Waals surface area contributed by atoms with Gasteiger partial charge in [-0.2, -0.15) is 5.26 Å². The first-order valence-corrected chi connectivity index (χ1v) is 7.34. The fourth-order valence-corrected chi connectivity index (χ4v) is 2.77. The Balaban J connectivity index is 1.95. The van der Waals surface area contributed by atoms with Crippen LogP contribution in [0, 0.1) is 17.2 Å². The summed E-state index contributed by atoms with van der Waals surface area (Å²) in [5.41, 5.74) is 0.595. The van der Waals surface area contributed by atoms with E-state index in [0.717, 1.165) is 25.7 Å². The first kappa shape index (κ1) is 15.2. The number of nitriles is 1. The number of carbonyl (C=O) groups excluding carboxylic acids is 1. The van der Waals surface area contributed by atoms with Crippen LogP contribution in [0.1, 0.15) is 32.1 Å². The van der Waals surface area contributed by atoms with E-state index in [2.05, 4.69) is 16.7 Å². The number of carbonyl (C=O) groups is 1. The minimum absolute atomic E-state index is 0.257. The zero-order valence-corrected chi connectivity index (χ0v) is 12.3. The molecule has 0 aliphatic heterocycles. The Kier molecular flexibility index (Phi) is 5.44. The molecule has 1 saturated carbocycles. The maximum atomic E-state index is 12.1. The Hall–Kier alpha value is -2.22. The molecular formula is C16H21N3O2. The number of amides is 2. The molecule has 21 heavy (non-hydrogen) atoms. The molecule has 2 amide bonds. The Morgan fingerprint density at radius 1 is 1.33 bits per heavy atom. The van der Waals surface area contributed by atoms with E-state index in [-0.39, 0.29) is 11.9 Å². The summed E-state index contributed by atoms with van der Waals surface area (Å²) in [7, 11) is 1.55. The van der Waals surface area contributed by atoms with Crippen molar-refractivity contribution < 1.29 is 9.53 Å². The van der Waals surface area contributed by atoms with Crippen LogP contribution in [-0.4, -0.2) is 19.2 Å². The van der Waals surface area contributed by atoms with E-state index in [1.807, 2.05) is 12.1 Å². The van der Waals surface area contributed by atoms with E-state index >= 15 is 0 Å². The van der Waals surface area contributed by atoms with Crippen LogP contribution in [-0.2, 0) is 0 Å². The largest absolute Gasteiger partial charge is 0.495 e. The molecule has 0 bridgehead atoms. The lowest BCUT2D eigenvalue weighted by Gasteiger charge is -2.26. The number of rotatable bonds is 4. The third kappa shape index (κ3) is 4.12. The van der Waals surface area contributed by atoms with Gasteiger partial charge < -0.3 is 15.4 Å². The topological polar surface area (TPSA) is 74.2 Å². The zero-order valence-electron chi connectivity index (χ0n) is 12.3. The number of methoxy groups -OCH3 is 1. The van der Waals surface area contributed by atoms with Crippen molar-refractivity contribution >= 4 is 11.7 Å². The second-order valence-electron chi connectivity index (χ2n) is 5.30. The number of ether oxygens (including phenoxy) is 1. The monoisotopic (exact) mass is 287 g/mol. The van der Waals surface area contributed by atoms with Crippen LogP contribution in [0.25, 0.3) is 0 Å². The van der Waals surface area contributed by atoms with E-state index < -0.39 is 6.04 Å². The molecule has 1 unspecified atom stereocenters. The molecule has 0 radical (unpaired) electrons. The number of nitrogens with one attached hydrogen (secondary N) is 2. The highest BCUT2D eigenvalue weighted by Gasteiger charge is 2.25. The molecule has 1 fully saturated rings. The number of benzene rings is 1. The van der Waals surface area contributed by atoms with Gasteiger partial charge in [-0.1, -0.05) is 31.4 Å². The van der Waals surface area contributed by atoms with Crippen LogP contribution in [0.5, 0.6) is 5.75 Å². The van der Waals surface area contributed by atoms with Gasteiger partial charge in [0.2, 0.25) is 0 Å². The van der Waals surface area contributed by atoms with E-state index in [0.29, 0.717) is 11.4 Å². The molecule has 1 atom stereocenters. The first-order valence-electron chi connectivity index (χ1n) is 7.34. The van der Waals surface area contributed by atoms with Crippen molar-refractivity contribution in [2.45, 2.75) is 38.1 Å². The Labute approximate surface area is 125 Å². The van der Waals surface area contributed by atoms with Gasteiger partial charge in [0.25, 0.3) is 0 Å². The van der Waals surface area contributed by atoms with Gasteiger partial charge in [-0.25, -0.2) is 4.79 Å². The lowest BCUT2D eigenvalue weighted by atomic mass is 9.84. The van der Waals surface area contributed by atoms with Crippen molar-refractivity contribution in [1.29, 1.82) is 5.26 Å². The first-order chi connectivity index (χ1) is 10.2. The molecule has 2 rings (SSSR count). The molecule has 1 aromatic rings. The average molecular weight is 287 g/mol. The number of hydrogen-bond acceptors (Lipinski definition) is 3. The summed E-state index contributed by atoms with van der Waals surface area (Å²) in [5, 5.41) is 14.8. The molecule has 0 spiro atoms. The highest BCUT2D eigenvalue weighted by molar-refractivity contribution is 5.91. The zero-order chi connectivity index (χ0) is 15.1. The van der Waals surface area contributed by atoms with Crippen LogP contribution in [0.4, 0.5) is 10.5 Å². The summed E-state index contributed by atoms with van der Waals surface area (Å²) in [6.07, 6.45) is 5.51. The molecule has 0 saturated heterocycles. The van der Waals surface area contributed by atoms with Crippen molar-refractivity contribution in [3.63, 3.8) is 0 Å². The molecule has 112 valence electrons. The summed E-state index contributed by atoms with van der Waals surface area (Å²) in [5.74, 6) is 0.853. The molecule has 2 N–H and O–H groups in total. The van der Waals surface area contributed by atoms with Crippen LogP contribution < -0.4 is 15.4 Å². The maximum Gasteiger partial charge on any atom is 0.320 e. The highest BCUT2D eigenvalue weighted by atomic mass is 16.5. The van der Waals surface area contributed by atoms with Crippen molar-refractivity contribution in [3.8, 4) is 11.8 Å². The quantitative estimate of drug-likeness (QED) is 0.892. The van der Waals surface area contributed by atoms with Gasteiger partial charge in [0.1, 0.15) is 11.8 Å². The SMILES string of the molecule is COc1ccccc1NC(=O)NC(C#N)C1CCCCC1. The molecule has 0 aromatic heterocycles. The predicted octanol–water partition coefficient (Wildman–Crippen LogP) is 3.29. The second kappa shape index (κ2) is 7.53. The lowest BCUT2D eigenvalue weighted by molar-refractivity contribution is 0.241. The summed E-state index contributed by atoms with van der Waals surface area (Å²) >= 11 is 0. The molecule has 1 aliphatic rings. The Morgan fingerprint density at radius 3 is 2.71 bits per heavy atom. The van der Waals surface area contributed by atoms with Crippen molar-refractivity contribution in [2.75, 3.05) is 12.4 Å². The number of urea groups is 1. The summed E-state index contributed by atoms with van der Waals surface area (Å²) in [4.78, 5) is 12.1. The number of anilines is 1. The Bertz CT molecular complexity index is 518. The average Bonchev–Trinajstić information content (AvgIpc) is 2.54. The van der Waals surface area contributed by atoms with Gasteiger partial charge in [0, 0.05) is 0 Å². The fourth-order valence-electron chi connectivity index (χ4n) is 2.77. The van der Waals surface area contributed by atoms with Gasteiger partial charge in [0.05, 0.1) is 18.9 Å². The molecule has 5 nitrogen and oxygen atoms in total. The number of para-hydroxylation sites is 2. The highest BCUT2D eigenvalue weighted by Crippen LogP contribution is 2.27. The standard InChI is InChI=1S/C16H21N3O2/c1-21-15-10-6-5-9-13(15)18-16(20)19-14(11-17)12-7-3-2-4-8-12/h5-6,9-10,12,14H,2-4,7-8H2,1H3,(H2,18,19,20). The van der Waals surface area contributed by atoms with E-state index in [4.69, 9.17) is 4.74 Å². The van der Waals surface area contributed by atoms with E-state index in [9.17, 15) is 10.1 Å². The second-order valence-corrected chi connectivity index (χ2v) is 5.30. The van der Waals surface area contributed by atoms with Crippen LogP contribution in [0.3, 0.4) is 0 Å². The Morgan fingerprint density at radius 2 is 2.05 bits per heavy atom. The van der Waals surface area contributed by atoms with Crippen LogP contribution >= 0.6 is 0 Å². The minimum atomic E-state index is -0.431. The molecule has 1 aromatic carbocycles. The van der Waals surface area contributed by atoms with Crippen molar-refractivity contribution in [1.82, 2.24) is 5.32 Å². The van der Waals surface area contributed by atoms with Gasteiger partial charge in [-0.15, -0.1) is 0 Å². The smallest absolute Gasteiger partial charge is 0.320 e. The normalized spacial score (nSPS) is 16.6. The third-order valence-electron chi connectivity index (χ3n) is 3.90. The van der Waals surface area contributed by atoms with Gasteiger partial charge in [0.15, 0.2) is 0 Å². The fraction of sp³-hybridized carbons (Fsp3) is 0.500. The minimum Gasteiger partial charge on any atom is -0.495 e. The van der Waals surface area contributed by atoms with Gasteiger partial charge >= 0.3 is 6.03 Å². The molecular weight excluding hydrogens is 266 g/mol. The molecule has 0 heterocycles. The van der Waals surface area contributed by atoms with Crippen LogP contribution in [0.2, 0.25) is 0 Å². The van der Waals surface area contributed by atoms with E-state index in [1.165, 1.54) is 6.42 Å². The van der Waals surface area contributed by atoms with Crippen molar-refractivity contribution in [2.24, 2.45) is 5.92 Å². The maximum absolute atomic E-state index is 12.1. The molecule has 5 heteroatoms. The van der Waals surface area contributed by atoms with Gasteiger partial charge in [-0.05, 0) is 30.9 Å². The third-order valence-corrected chi connectivity index (χ3v) is 3.90. The predicted molar refractivity (Wildman–Crippen MR) is 81.1 cm³/mol.